The van der Waals surface area contributed by atoms with Crippen LogP contribution in [0.2, 0.25) is 10.0 Å². The first kappa shape index (κ1) is 31.9. The molecule has 1 aromatic rings. The van der Waals surface area contributed by atoms with E-state index in [1.165, 1.54) is 0 Å². The van der Waals surface area contributed by atoms with Gasteiger partial charge in [0.25, 0.3) is 5.91 Å². The molecule has 1 saturated carbocycles. The first-order valence-corrected chi connectivity index (χ1v) is 14.7. The fraction of sp³-hybridized carbons (Fsp3) is 0.621. The normalized spacial score (nSPS) is 19.2. The van der Waals surface area contributed by atoms with Crippen LogP contribution in [0.4, 0.5) is 0 Å². The molecule has 2 aliphatic rings. The summed E-state index contributed by atoms with van der Waals surface area (Å²) in [6.45, 7) is 8.25. The summed E-state index contributed by atoms with van der Waals surface area (Å²) in [5.74, 6) is -3.36. The molecule has 1 saturated heterocycles. The Balaban J connectivity index is 1.75. The molecule has 1 aliphatic carbocycles. The molecule has 4 amide bonds. The third-order valence-corrected chi connectivity index (χ3v) is 7.81. The van der Waals surface area contributed by atoms with Gasteiger partial charge in [-0.25, -0.2) is 0 Å². The lowest BCUT2D eigenvalue weighted by Gasteiger charge is -2.29. The van der Waals surface area contributed by atoms with Crippen molar-refractivity contribution in [3.05, 3.63) is 33.8 Å². The molecule has 0 radical (unpaired) electrons. The van der Waals surface area contributed by atoms with Gasteiger partial charge in [-0.3, -0.25) is 24.0 Å². The molecular weight excluding hydrogens is 555 g/mol. The maximum Gasteiger partial charge on any atom is 0.289 e. The summed E-state index contributed by atoms with van der Waals surface area (Å²) < 4.78 is 0. The van der Waals surface area contributed by atoms with Gasteiger partial charge < -0.3 is 21.3 Å². The Morgan fingerprint density at radius 2 is 1.75 bits per heavy atom. The highest BCUT2D eigenvalue weighted by Gasteiger charge is 2.37. The Hall–Kier alpha value is -2.65. The minimum absolute atomic E-state index is 0.0116. The van der Waals surface area contributed by atoms with E-state index in [2.05, 4.69) is 21.3 Å². The van der Waals surface area contributed by atoms with E-state index < -0.39 is 35.6 Å². The van der Waals surface area contributed by atoms with Crippen LogP contribution in [0.5, 0.6) is 0 Å². The van der Waals surface area contributed by atoms with Crippen LogP contribution in [-0.2, 0) is 24.0 Å². The number of carbonyl (C=O) groups is 5. The molecule has 1 heterocycles. The van der Waals surface area contributed by atoms with E-state index in [9.17, 15) is 24.0 Å². The third kappa shape index (κ3) is 9.47. The SMILES string of the molecule is CCC(CC(=O)N[C@@H](CC(C)(C)C)C(=O)NC(CC1CCNC1=O)C(=O)C(=O)NC1CC1)c1ccc(Cl)cc1Cl. The van der Waals surface area contributed by atoms with Gasteiger partial charge in [0.05, 0.1) is 6.04 Å². The number of hydrogen-bond acceptors (Lipinski definition) is 5. The average Bonchev–Trinajstić information content (AvgIpc) is 3.59. The number of halogens is 2. The minimum atomic E-state index is -1.18. The number of amides is 4. The Morgan fingerprint density at radius 3 is 2.30 bits per heavy atom. The smallest absolute Gasteiger partial charge is 0.289 e. The van der Waals surface area contributed by atoms with Gasteiger partial charge in [-0.05, 0) is 67.6 Å². The lowest BCUT2D eigenvalue weighted by Crippen LogP contribution is -2.55. The summed E-state index contributed by atoms with van der Waals surface area (Å²) >= 11 is 12.4. The first-order valence-electron chi connectivity index (χ1n) is 13.9. The molecule has 0 bridgehead atoms. The van der Waals surface area contributed by atoms with Crippen molar-refractivity contribution in [3.63, 3.8) is 0 Å². The van der Waals surface area contributed by atoms with Gasteiger partial charge in [-0.2, -0.15) is 0 Å². The van der Waals surface area contributed by atoms with Gasteiger partial charge >= 0.3 is 0 Å². The van der Waals surface area contributed by atoms with Crippen LogP contribution in [0.3, 0.4) is 0 Å². The summed E-state index contributed by atoms with van der Waals surface area (Å²) in [6.07, 6.45) is 3.17. The minimum Gasteiger partial charge on any atom is -0.356 e. The highest BCUT2D eigenvalue weighted by Crippen LogP contribution is 2.32. The summed E-state index contributed by atoms with van der Waals surface area (Å²) in [4.78, 5) is 64.7. The van der Waals surface area contributed by atoms with Crippen molar-refractivity contribution in [2.24, 2.45) is 11.3 Å². The van der Waals surface area contributed by atoms with E-state index in [0.29, 0.717) is 35.9 Å². The molecule has 3 rings (SSSR count). The summed E-state index contributed by atoms with van der Waals surface area (Å²) in [5.41, 5.74) is 0.454. The number of nitrogens with one attached hydrogen (secondary N) is 4. The summed E-state index contributed by atoms with van der Waals surface area (Å²) in [5, 5.41) is 11.9. The van der Waals surface area contributed by atoms with Crippen molar-refractivity contribution in [1.29, 1.82) is 0 Å². The van der Waals surface area contributed by atoms with E-state index >= 15 is 0 Å². The second-order valence-electron chi connectivity index (χ2n) is 12.0. The quantitative estimate of drug-likeness (QED) is 0.259. The molecule has 0 aromatic heterocycles. The molecule has 1 aliphatic heterocycles. The number of carbonyl (C=O) groups excluding carboxylic acids is 5. The van der Waals surface area contributed by atoms with E-state index in [-0.39, 0.29) is 42.0 Å². The first-order chi connectivity index (χ1) is 18.8. The predicted octanol–water partition coefficient (Wildman–Crippen LogP) is 3.66. The van der Waals surface area contributed by atoms with E-state index in [1.54, 1.807) is 18.2 Å². The highest BCUT2D eigenvalue weighted by molar-refractivity contribution is 6.38. The molecule has 2 fully saturated rings. The van der Waals surface area contributed by atoms with Crippen molar-refractivity contribution < 1.29 is 24.0 Å². The fourth-order valence-electron chi connectivity index (χ4n) is 4.91. The van der Waals surface area contributed by atoms with E-state index in [4.69, 9.17) is 23.2 Å². The zero-order valence-electron chi connectivity index (χ0n) is 23.6. The predicted molar refractivity (Wildman–Crippen MR) is 154 cm³/mol. The van der Waals surface area contributed by atoms with Crippen LogP contribution in [0.15, 0.2) is 18.2 Å². The van der Waals surface area contributed by atoms with E-state index in [0.717, 1.165) is 18.4 Å². The zero-order chi connectivity index (χ0) is 29.6. The fourth-order valence-corrected chi connectivity index (χ4v) is 5.47. The summed E-state index contributed by atoms with van der Waals surface area (Å²) in [7, 11) is 0. The Bertz CT molecular complexity index is 1130. The Kier molecular flexibility index (Phi) is 11.0. The third-order valence-electron chi connectivity index (χ3n) is 7.25. The molecule has 1 aromatic carbocycles. The molecule has 0 spiro atoms. The highest BCUT2D eigenvalue weighted by atomic mass is 35.5. The Morgan fingerprint density at radius 1 is 1.05 bits per heavy atom. The summed E-state index contributed by atoms with van der Waals surface area (Å²) in [6, 6.07) is 2.99. The lowest BCUT2D eigenvalue weighted by atomic mass is 9.87. The number of benzene rings is 1. The van der Waals surface area contributed by atoms with Crippen LogP contribution >= 0.6 is 23.2 Å². The number of hydrogen-bond donors (Lipinski definition) is 4. The van der Waals surface area contributed by atoms with Gasteiger partial charge in [0.1, 0.15) is 6.04 Å². The van der Waals surface area contributed by atoms with E-state index in [1.807, 2.05) is 27.7 Å². The van der Waals surface area contributed by atoms with Gasteiger partial charge in [-0.1, -0.05) is 57.0 Å². The van der Waals surface area contributed by atoms with Crippen molar-refractivity contribution >= 4 is 52.6 Å². The van der Waals surface area contributed by atoms with Crippen LogP contribution in [0.25, 0.3) is 0 Å². The van der Waals surface area contributed by atoms with Crippen molar-refractivity contribution in [1.82, 2.24) is 21.3 Å². The molecule has 11 heteroatoms. The standard InChI is InChI=1S/C29H40Cl2N4O5/c1-5-16(20-9-6-18(30)14-21(20)31)13-24(36)34-23(15-29(2,3)4)27(39)35-22(12-17-10-11-32-26(17)38)25(37)28(40)33-19-7-8-19/h6,9,14,16-17,19,22-23H,5,7-8,10-13,15H2,1-4H3,(H,32,38)(H,33,40)(H,34,36)(H,35,39)/t16?,17?,22?,23-/m0/s1. The molecule has 9 nitrogen and oxygen atoms in total. The second-order valence-corrected chi connectivity index (χ2v) is 12.9. The van der Waals surface area contributed by atoms with Crippen LogP contribution in [0, 0.1) is 11.3 Å². The molecule has 4 atom stereocenters. The topological polar surface area (TPSA) is 133 Å². The van der Waals surface area contributed by atoms with Crippen molar-refractivity contribution in [3.8, 4) is 0 Å². The molecular formula is C29H40Cl2N4O5. The Labute approximate surface area is 245 Å². The largest absolute Gasteiger partial charge is 0.356 e. The van der Waals surface area contributed by atoms with Gasteiger partial charge in [0.15, 0.2) is 0 Å². The van der Waals surface area contributed by atoms with Gasteiger partial charge in [0, 0.05) is 35.0 Å². The van der Waals surface area contributed by atoms with Crippen molar-refractivity contribution in [2.75, 3.05) is 6.54 Å². The maximum absolute atomic E-state index is 13.6. The number of rotatable bonds is 13. The zero-order valence-corrected chi connectivity index (χ0v) is 25.1. The van der Waals surface area contributed by atoms with Crippen LogP contribution in [0.1, 0.15) is 84.1 Å². The van der Waals surface area contributed by atoms with Crippen LogP contribution in [-0.4, -0.2) is 54.1 Å². The molecule has 3 unspecified atom stereocenters. The molecule has 220 valence electrons. The molecule has 40 heavy (non-hydrogen) atoms. The molecule has 4 N–H and O–H groups in total. The lowest BCUT2D eigenvalue weighted by molar-refractivity contribution is -0.141. The number of Topliss-reactive ketones (excluding diaryl/α,β-unsaturated/α-hetero) is 1. The maximum atomic E-state index is 13.6. The van der Waals surface area contributed by atoms with Gasteiger partial charge in [-0.15, -0.1) is 0 Å². The van der Waals surface area contributed by atoms with Gasteiger partial charge in [0.2, 0.25) is 23.5 Å². The van der Waals surface area contributed by atoms with Crippen molar-refractivity contribution in [2.45, 2.75) is 96.7 Å². The average molecular weight is 596 g/mol. The van der Waals surface area contributed by atoms with Crippen LogP contribution < -0.4 is 21.3 Å². The number of ketones is 1. The second kappa shape index (κ2) is 13.8. The monoisotopic (exact) mass is 594 g/mol.